The third kappa shape index (κ3) is 13.3. The highest BCUT2D eigenvalue weighted by atomic mass is 32.2. The highest BCUT2D eigenvalue weighted by Gasteiger charge is 2.15. The number of carbonyl (C=O) groups is 1. The summed E-state index contributed by atoms with van der Waals surface area (Å²) in [5.41, 5.74) is -0.583. The van der Waals surface area contributed by atoms with E-state index < -0.39 is 16.6 Å². The molecular formula is C20H33N3O8S. The third-order valence-corrected chi connectivity index (χ3v) is 4.38. The zero-order valence-electron chi connectivity index (χ0n) is 19.0. The van der Waals surface area contributed by atoms with E-state index in [2.05, 4.69) is 10.0 Å². The first-order valence-corrected chi connectivity index (χ1v) is 11.0. The first kappa shape index (κ1) is 27.9. The van der Waals surface area contributed by atoms with Crippen LogP contribution in [0, 0.1) is 10.1 Å². The lowest BCUT2D eigenvalue weighted by molar-refractivity contribution is -0.385. The molecule has 0 unspecified atom stereocenters. The second kappa shape index (κ2) is 15.6. The Bertz CT molecular complexity index is 700. The smallest absolute Gasteiger partial charge is 0.407 e. The first-order chi connectivity index (χ1) is 15.2. The first-order valence-electron chi connectivity index (χ1n) is 10.1. The van der Waals surface area contributed by atoms with Gasteiger partial charge in [-0.1, -0.05) is 0 Å². The van der Waals surface area contributed by atoms with Gasteiger partial charge in [0.25, 0.3) is 0 Å². The van der Waals surface area contributed by atoms with Crippen LogP contribution in [0.2, 0.25) is 0 Å². The molecule has 0 radical (unpaired) electrons. The number of alkyl carbamates (subject to hydrolysis) is 1. The largest absolute Gasteiger partial charge is 0.490 e. The van der Waals surface area contributed by atoms with Crippen molar-refractivity contribution in [2.75, 3.05) is 59.8 Å². The minimum atomic E-state index is -0.517. The SMILES string of the molecule is COc1cc(SNCCOCCOCCOCCNC(=O)OC(C)(C)C)ccc1[N+](=O)[O-]. The monoisotopic (exact) mass is 475 g/mol. The summed E-state index contributed by atoms with van der Waals surface area (Å²) >= 11 is 1.34. The maximum Gasteiger partial charge on any atom is 0.407 e. The van der Waals surface area contributed by atoms with Crippen molar-refractivity contribution in [1.29, 1.82) is 0 Å². The molecule has 0 heterocycles. The van der Waals surface area contributed by atoms with Gasteiger partial charge in [0.15, 0.2) is 5.75 Å². The summed E-state index contributed by atoms with van der Waals surface area (Å²) in [5, 5.41) is 13.5. The minimum Gasteiger partial charge on any atom is -0.490 e. The van der Waals surface area contributed by atoms with Gasteiger partial charge in [-0.2, -0.15) is 0 Å². The van der Waals surface area contributed by atoms with Crippen molar-refractivity contribution in [3.63, 3.8) is 0 Å². The van der Waals surface area contributed by atoms with E-state index in [9.17, 15) is 14.9 Å². The molecule has 32 heavy (non-hydrogen) atoms. The van der Waals surface area contributed by atoms with E-state index in [1.807, 2.05) is 0 Å². The van der Waals surface area contributed by atoms with Crippen LogP contribution >= 0.6 is 11.9 Å². The van der Waals surface area contributed by atoms with Crippen LogP contribution in [0.5, 0.6) is 5.75 Å². The zero-order valence-corrected chi connectivity index (χ0v) is 19.8. The number of hydrogen-bond donors (Lipinski definition) is 2. The molecule has 182 valence electrons. The number of carbonyl (C=O) groups excluding carboxylic acids is 1. The van der Waals surface area contributed by atoms with E-state index >= 15 is 0 Å². The fourth-order valence-electron chi connectivity index (χ4n) is 2.20. The number of benzene rings is 1. The van der Waals surface area contributed by atoms with Crippen molar-refractivity contribution < 1.29 is 33.4 Å². The number of nitrogens with zero attached hydrogens (tertiary/aromatic N) is 1. The number of amides is 1. The Labute approximate surface area is 192 Å². The summed E-state index contributed by atoms with van der Waals surface area (Å²) in [7, 11) is 1.40. The molecular weight excluding hydrogens is 442 g/mol. The average Bonchev–Trinajstić information content (AvgIpc) is 2.72. The normalized spacial score (nSPS) is 11.2. The second-order valence-electron chi connectivity index (χ2n) is 7.35. The summed E-state index contributed by atoms with van der Waals surface area (Å²) in [5.74, 6) is 0.221. The molecule has 1 rings (SSSR count). The Hall–Kier alpha value is -2.12. The maximum atomic E-state index is 11.4. The van der Waals surface area contributed by atoms with Gasteiger partial charge in [-0.25, -0.2) is 4.79 Å². The zero-order chi connectivity index (χ0) is 23.8. The molecule has 0 aliphatic rings. The molecule has 0 saturated carbocycles. The third-order valence-electron chi connectivity index (χ3n) is 3.55. The van der Waals surface area contributed by atoms with E-state index in [0.29, 0.717) is 52.7 Å². The van der Waals surface area contributed by atoms with Crippen molar-refractivity contribution in [2.45, 2.75) is 31.3 Å². The molecule has 1 aromatic rings. The van der Waals surface area contributed by atoms with E-state index in [4.69, 9.17) is 23.7 Å². The number of hydrogen-bond acceptors (Lipinski definition) is 10. The van der Waals surface area contributed by atoms with E-state index in [0.717, 1.165) is 4.90 Å². The van der Waals surface area contributed by atoms with Crippen molar-refractivity contribution in [1.82, 2.24) is 10.0 Å². The van der Waals surface area contributed by atoms with Crippen molar-refractivity contribution in [3.05, 3.63) is 28.3 Å². The van der Waals surface area contributed by atoms with E-state index in [-0.39, 0.29) is 11.4 Å². The standard InChI is InChI=1S/C20H33N3O8S/c1-20(2,3)31-19(24)21-7-9-28-11-13-30-14-12-29-10-8-22-32-16-5-6-17(23(25)26)18(15-16)27-4/h5-6,15,22H,7-14H2,1-4H3,(H,21,24). The number of nitro groups is 1. The van der Waals surface area contributed by atoms with Gasteiger partial charge in [0.05, 0.1) is 51.7 Å². The second-order valence-corrected chi connectivity index (χ2v) is 8.32. The summed E-state index contributed by atoms with van der Waals surface area (Å²) in [6, 6.07) is 4.68. The number of nitrogens with one attached hydrogen (secondary N) is 2. The minimum absolute atomic E-state index is 0.0666. The molecule has 0 aliphatic heterocycles. The maximum absolute atomic E-state index is 11.4. The van der Waals surface area contributed by atoms with Gasteiger partial charge in [-0.15, -0.1) is 0 Å². The van der Waals surface area contributed by atoms with E-state index in [1.165, 1.54) is 25.1 Å². The Morgan fingerprint density at radius 1 is 1.03 bits per heavy atom. The molecule has 0 spiro atoms. The van der Waals surface area contributed by atoms with Crippen LogP contribution in [0.1, 0.15) is 20.8 Å². The fraction of sp³-hybridized carbons (Fsp3) is 0.650. The molecule has 11 nitrogen and oxygen atoms in total. The van der Waals surface area contributed by atoms with Gasteiger partial charge in [-0.3, -0.25) is 14.8 Å². The topological polar surface area (TPSA) is 130 Å². The molecule has 0 aromatic heterocycles. The van der Waals surface area contributed by atoms with Crippen LogP contribution in [-0.2, 0) is 18.9 Å². The highest BCUT2D eigenvalue weighted by Crippen LogP contribution is 2.30. The Morgan fingerprint density at radius 2 is 1.62 bits per heavy atom. The van der Waals surface area contributed by atoms with Crippen LogP contribution in [-0.4, -0.2) is 76.5 Å². The Balaban J connectivity index is 1.93. The lowest BCUT2D eigenvalue weighted by atomic mass is 10.2. The molecule has 0 fully saturated rings. The summed E-state index contributed by atoms with van der Waals surface area (Å²) in [6.45, 7) is 9.02. The molecule has 0 bridgehead atoms. The molecule has 1 aromatic carbocycles. The van der Waals surface area contributed by atoms with Crippen LogP contribution in [0.25, 0.3) is 0 Å². The summed E-state index contributed by atoms with van der Waals surface area (Å²) in [4.78, 5) is 22.6. The van der Waals surface area contributed by atoms with Crippen LogP contribution in [0.15, 0.2) is 23.1 Å². The average molecular weight is 476 g/mol. The molecule has 1 amide bonds. The summed E-state index contributed by atoms with van der Waals surface area (Å²) in [6.07, 6.45) is -0.463. The fourth-order valence-corrected chi connectivity index (χ4v) is 2.86. The molecule has 0 atom stereocenters. The van der Waals surface area contributed by atoms with Crippen LogP contribution in [0.3, 0.4) is 0 Å². The number of nitro benzene ring substituents is 1. The molecule has 0 aliphatic carbocycles. The van der Waals surface area contributed by atoms with Crippen molar-refractivity contribution >= 4 is 23.7 Å². The van der Waals surface area contributed by atoms with Gasteiger partial charge < -0.3 is 29.0 Å². The van der Waals surface area contributed by atoms with Crippen molar-refractivity contribution in [3.8, 4) is 5.75 Å². The predicted molar refractivity (Wildman–Crippen MR) is 120 cm³/mol. The van der Waals surface area contributed by atoms with Crippen LogP contribution in [0.4, 0.5) is 10.5 Å². The lowest BCUT2D eigenvalue weighted by Gasteiger charge is -2.19. The van der Waals surface area contributed by atoms with Crippen molar-refractivity contribution in [2.24, 2.45) is 0 Å². The molecule has 2 N–H and O–H groups in total. The lowest BCUT2D eigenvalue weighted by Crippen LogP contribution is -2.34. The number of ether oxygens (including phenoxy) is 5. The predicted octanol–water partition coefficient (Wildman–Crippen LogP) is 2.77. The van der Waals surface area contributed by atoms with Gasteiger partial charge >= 0.3 is 11.8 Å². The van der Waals surface area contributed by atoms with Gasteiger partial charge in [0, 0.05) is 30.1 Å². The van der Waals surface area contributed by atoms with E-state index in [1.54, 1.807) is 32.9 Å². The number of methoxy groups -OCH3 is 1. The molecule has 0 saturated heterocycles. The van der Waals surface area contributed by atoms with Crippen LogP contribution < -0.4 is 14.8 Å². The van der Waals surface area contributed by atoms with Gasteiger partial charge in [0.2, 0.25) is 0 Å². The quantitative estimate of drug-likeness (QED) is 0.159. The van der Waals surface area contributed by atoms with Gasteiger partial charge in [0.1, 0.15) is 5.60 Å². The number of rotatable bonds is 16. The highest BCUT2D eigenvalue weighted by molar-refractivity contribution is 7.97. The Kier molecular flexibility index (Phi) is 13.6. The Morgan fingerprint density at radius 3 is 2.19 bits per heavy atom. The summed E-state index contributed by atoms with van der Waals surface area (Å²) < 4.78 is 29.5. The van der Waals surface area contributed by atoms with Gasteiger partial charge in [-0.05, 0) is 38.8 Å². The molecule has 12 heteroatoms.